The molecule has 0 aliphatic rings. The zero-order chi connectivity index (χ0) is 25.0. The van der Waals surface area contributed by atoms with Gasteiger partial charge in [0.2, 0.25) is 0 Å². The molecule has 0 unspecified atom stereocenters. The van der Waals surface area contributed by atoms with E-state index in [9.17, 15) is 27.6 Å². The van der Waals surface area contributed by atoms with Gasteiger partial charge in [-0.3, -0.25) is 9.59 Å². The van der Waals surface area contributed by atoms with Crippen molar-refractivity contribution in [1.82, 2.24) is 9.97 Å². The van der Waals surface area contributed by atoms with E-state index >= 15 is 0 Å². The minimum absolute atomic E-state index is 0.0123. The molecule has 0 saturated carbocycles. The maximum Gasteiger partial charge on any atom is 0.416 e. The van der Waals surface area contributed by atoms with Gasteiger partial charge in [-0.2, -0.15) is 13.2 Å². The van der Waals surface area contributed by atoms with Gasteiger partial charge in [-0.25, -0.2) is 9.78 Å². The molecule has 2 N–H and O–H groups in total. The number of nitrogens with zero attached hydrogens (tertiary/aromatic N) is 1. The number of esters is 1. The van der Waals surface area contributed by atoms with E-state index in [0.29, 0.717) is 10.2 Å². The standard InChI is InChI=1S/C23H16F3N3O5S/c24-23(25,26)13-4-3-5-14(10-13)27-19(30)12-33-17-7-2-1-6-15(17)22(32)34-11-18-28-16-8-9-35-20(16)21(31)29-18/h1-10H,11-12H2,(H,27,30)(H,28,29,31). The van der Waals surface area contributed by atoms with Gasteiger partial charge in [0.25, 0.3) is 11.5 Å². The number of alkyl halides is 3. The van der Waals surface area contributed by atoms with Crippen molar-refractivity contribution < 1.29 is 32.2 Å². The van der Waals surface area contributed by atoms with Crippen LogP contribution in [0.4, 0.5) is 18.9 Å². The second-order valence-electron chi connectivity index (χ2n) is 7.14. The number of hydrogen-bond acceptors (Lipinski definition) is 7. The third-order valence-corrected chi connectivity index (χ3v) is 5.55. The molecule has 0 spiro atoms. The first-order valence-corrected chi connectivity index (χ1v) is 10.9. The molecule has 12 heteroatoms. The molecule has 0 bridgehead atoms. The molecule has 1 amide bonds. The highest BCUT2D eigenvalue weighted by molar-refractivity contribution is 7.17. The average Bonchev–Trinajstić information content (AvgIpc) is 3.30. The predicted molar refractivity (Wildman–Crippen MR) is 121 cm³/mol. The van der Waals surface area contributed by atoms with Crippen LogP contribution in [-0.4, -0.2) is 28.5 Å². The van der Waals surface area contributed by atoms with Crippen molar-refractivity contribution in [3.05, 3.63) is 87.3 Å². The van der Waals surface area contributed by atoms with E-state index in [4.69, 9.17) is 9.47 Å². The van der Waals surface area contributed by atoms with E-state index in [0.717, 1.165) is 12.1 Å². The monoisotopic (exact) mass is 503 g/mol. The van der Waals surface area contributed by atoms with Crippen molar-refractivity contribution in [2.75, 3.05) is 11.9 Å². The van der Waals surface area contributed by atoms with Gasteiger partial charge in [0.05, 0.1) is 11.1 Å². The molecule has 0 aliphatic heterocycles. The number of carbonyl (C=O) groups excluding carboxylic acids is 2. The van der Waals surface area contributed by atoms with Crippen molar-refractivity contribution in [2.45, 2.75) is 12.8 Å². The van der Waals surface area contributed by atoms with E-state index in [1.54, 1.807) is 23.6 Å². The Morgan fingerprint density at radius 2 is 1.89 bits per heavy atom. The maximum absolute atomic E-state index is 12.8. The molecular formula is C23H16F3N3O5S. The number of para-hydroxylation sites is 1. The number of fused-ring (bicyclic) bond motifs is 1. The minimum atomic E-state index is -4.55. The first kappa shape index (κ1) is 24.0. The molecule has 0 aliphatic carbocycles. The van der Waals surface area contributed by atoms with Crippen LogP contribution in [0.25, 0.3) is 10.2 Å². The molecular weight excluding hydrogens is 487 g/mol. The smallest absolute Gasteiger partial charge is 0.416 e. The lowest BCUT2D eigenvalue weighted by Gasteiger charge is -2.12. The van der Waals surface area contributed by atoms with Crippen LogP contribution in [0.5, 0.6) is 5.75 Å². The Morgan fingerprint density at radius 3 is 2.69 bits per heavy atom. The van der Waals surface area contributed by atoms with Gasteiger partial charge in [-0.15, -0.1) is 11.3 Å². The number of amides is 1. The second-order valence-corrected chi connectivity index (χ2v) is 8.05. The summed E-state index contributed by atoms with van der Waals surface area (Å²) in [5, 5.41) is 4.04. The van der Waals surface area contributed by atoms with Crippen LogP contribution < -0.4 is 15.6 Å². The zero-order valence-corrected chi connectivity index (χ0v) is 18.5. The molecule has 2 aromatic carbocycles. The fourth-order valence-electron chi connectivity index (χ4n) is 3.08. The minimum Gasteiger partial charge on any atom is -0.483 e. The van der Waals surface area contributed by atoms with Gasteiger partial charge < -0.3 is 19.8 Å². The van der Waals surface area contributed by atoms with Crippen molar-refractivity contribution in [3.63, 3.8) is 0 Å². The van der Waals surface area contributed by atoms with Crippen LogP contribution in [0.2, 0.25) is 0 Å². The van der Waals surface area contributed by atoms with Gasteiger partial charge in [-0.1, -0.05) is 18.2 Å². The van der Waals surface area contributed by atoms with Crippen molar-refractivity contribution in [1.29, 1.82) is 0 Å². The maximum atomic E-state index is 12.8. The predicted octanol–water partition coefficient (Wildman–Crippen LogP) is 4.38. The van der Waals surface area contributed by atoms with Crippen LogP contribution in [0.15, 0.2) is 64.8 Å². The van der Waals surface area contributed by atoms with Crippen molar-refractivity contribution >= 4 is 39.1 Å². The first-order chi connectivity index (χ1) is 16.7. The average molecular weight is 503 g/mol. The third kappa shape index (κ3) is 5.84. The summed E-state index contributed by atoms with van der Waals surface area (Å²) in [7, 11) is 0. The van der Waals surface area contributed by atoms with Crippen LogP contribution in [-0.2, 0) is 22.3 Å². The SMILES string of the molecule is O=C(COc1ccccc1C(=O)OCc1nc2ccsc2c(=O)[nH]1)Nc1cccc(C(F)(F)F)c1. The summed E-state index contributed by atoms with van der Waals surface area (Å²) in [6.07, 6.45) is -4.55. The molecule has 2 heterocycles. The molecule has 0 atom stereocenters. The quantitative estimate of drug-likeness (QED) is 0.362. The molecule has 4 rings (SSSR count). The summed E-state index contributed by atoms with van der Waals surface area (Å²) >= 11 is 1.24. The second kappa shape index (κ2) is 9.97. The van der Waals surface area contributed by atoms with Gasteiger partial charge in [-0.05, 0) is 41.8 Å². The number of hydrogen-bond donors (Lipinski definition) is 2. The molecule has 0 fully saturated rings. The van der Waals surface area contributed by atoms with Crippen LogP contribution in [0, 0.1) is 0 Å². The Bertz CT molecular complexity index is 1450. The highest BCUT2D eigenvalue weighted by atomic mass is 32.1. The van der Waals surface area contributed by atoms with Crippen LogP contribution >= 0.6 is 11.3 Å². The summed E-state index contributed by atoms with van der Waals surface area (Å²) in [4.78, 5) is 43.6. The number of benzene rings is 2. The molecule has 4 aromatic rings. The number of anilines is 1. The fraction of sp³-hybridized carbons (Fsp3) is 0.130. The third-order valence-electron chi connectivity index (χ3n) is 4.64. The highest BCUT2D eigenvalue weighted by Gasteiger charge is 2.30. The highest BCUT2D eigenvalue weighted by Crippen LogP contribution is 2.30. The van der Waals surface area contributed by atoms with Gasteiger partial charge >= 0.3 is 12.1 Å². The van der Waals surface area contributed by atoms with Gasteiger partial charge in [0.15, 0.2) is 6.61 Å². The number of H-pyrrole nitrogens is 1. The lowest BCUT2D eigenvalue weighted by Crippen LogP contribution is -2.21. The molecule has 0 radical (unpaired) electrons. The molecule has 8 nitrogen and oxygen atoms in total. The lowest BCUT2D eigenvalue weighted by atomic mass is 10.2. The van der Waals surface area contributed by atoms with Gasteiger partial charge in [0.1, 0.15) is 28.4 Å². The zero-order valence-electron chi connectivity index (χ0n) is 17.7. The van der Waals surface area contributed by atoms with Crippen LogP contribution in [0.3, 0.4) is 0 Å². The number of thiophene rings is 1. The van der Waals surface area contributed by atoms with Crippen molar-refractivity contribution in [2.24, 2.45) is 0 Å². The number of aromatic amines is 1. The van der Waals surface area contributed by atoms with Crippen molar-refractivity contribution in [3.8, 4) is 5.75 Å². The van der Waals surface area contributed by atoms with Crippen LogP contribution in [0.1, 0.15) is 21.7 Å². The number of nitrogens with one attached hydrogen (secondary N) is 2. The van der Waals surface area contributed by atoms with Gasteiger partial charge in [0, 0.05) is 5.69 Å². The Morgan fingerprint density at radius 1 is 1.09 bits per heavy atom. The summed E-state index contributed by atoms with van der Waals surface area (Å²) in [6, 6.07) is 11.8. The Balaban J connectivity index is 1.38. The normalized spacial score (nSPS) is 11.3. The van der Waals surface area contributed by atoms with E-state index in [1.165, 1.54) is 35.6 Å². The first-order valence-electron chi connectivity index (χ1n) is 10.0. The summed E-state index contributed by atoms with van der Waals surface area (Å²) in [6.45, 7) is -0.867. The fourth-order valence-corrected chi connectivity index (χ4v) is 3.80. The molecule has 180 valence electrons. The van der Waals surface area contributed by atoms with E-state index < -0.39 is 30.2 Å². The molecule has 2 aromatic heterocycles. The van der Waals surface area contributed by atoms with E-state index in [2.05, 4.69) is 15.3 Å². The molecule has 35 heavy (non-hydrogen) atoms. The number of ether oxygens (including phenoxy) is 2. The molecule has 0 saturated heterocycles. The summed E-state index contributed by atoms with van der Waals surface area (Å²) in [5.74, 6) is -1.31. The number of aromatic nitrogens is 2. The summed E-state index contributed by atoms with van der Waals surface area (Å²) < 4.78 is 49.6. The van der Waals surface area contributed by atoms with E-state index in [-0.39, 0.29) is 35.0 Å². The summed E-state index contributed by atoms with van der Waals surface area (Å²) in [5.41, 5.74) is -0.797. The topological polar surface area (TPSA) is 110 Å². The van der Waals surface area contributed by atoms with E-state index in [1.807, 2.05) is 0 Å². The number of carbonyl (C=O) groups is 2. The Hall–Kier alpha value is -4.19. The largest absolute Gasteiger partial charge is 0.483 e. The Labute approximate surface area is 199 Å². The number of halogens is 3. The number of rotatable bonds is 7. The lowest BCUT2D eigenvalue weighted by molar-refractivity contribution is -0.137. The Kier molecular flexibility index (Phi) is 6.82.